The summed E-state index contributed by atoms with van der Waals surface area (Å²) in [4.78, 5) is 5.35. The summed E-state index contributed by atoms with van der Waals surface area (Å²) >= 11 is 0. The normalized spacial score (nSPS) is 11.3. The SMILES string of the molecule is CCN(CC)CCOc1ccc(C(CC)(CC)N=[N+]=[N-])cc1. The van der Waals surface area contributed by atoms with Crippen LogP contribution in [0.2, 0.25) is 0 Å². The highest BCUT2D eigenvalue weighted by Gasteiger charge is 2.26. The maximum absolute atomic E-state index is 8.82. The molecule has 0 unspecified atom stereocenters. The quantitative estimate of drug-likeness (QED) is 0.356. The van der Waals surface area contributed by atoms with Crippen LogP contribution in [0.25, 0.3) is 10.4 Å². The standard InChI is InChI=1S/C17H28N4O/c1-5-17(6-2,19-20-18)15-9-11-16(12-10-15)22-14-13-21(7-3)8-4/h9-12H,5-8,13-14H2,1-4H3. The molecule has 122 valence electrons. The molecular weight excluding hydrogens is 276 g/mol. The van der Waals surface area contributed by atoms with Crippen molar-refractivity contribution in [3.63, 3.8) is 0 Å². The van der Waals surface area contributed by atoms with Crippen molar-refractivity contribution in [1.29, 1.82) is 0 Å². The lowest BCUT2D eigenvalue weighted by Gasteiger charge is -2.26. The van der Waals surface area contributed by atoms with Crippen LogP contribution >= 0.6 is 0 Å². The molecule has 0 spiro atoms. The second kappa shape index (κ2) is 9.34. The molecule has 0 aromatic heterocycles. The van der Waals surface area contributed by atoms with Crippen molar-refractivity contribution in [2.24, 2.45) is 5.11 Å². The van der Waals surface area contributed by atoms with Gasteiger partial charge in [0.15, 0.2) is 0 Å². The summed E-state index contributed by atoms with van der Waals surface area (Å²) in [7, 11) is 0. The predicted octanol–water partition coefficient (Wildman–Crippen LogP) is 4.73. The van der Waals surface area contributed by atoms with E-state index in [0.29, 0.717) is 6.61 Å². The van der Waals surface area contributed by atoms with Gasteiger partial charge in [-0.25, -0.2) is 0 Å². The number of azide groups is 1. The zero-order valence-electron chi connectivity index (χ0n) is 14.2. The Bertz CT molecular complexity index is 472. The van der Waals surface area contributed by atoms with Gasteiger partial charge in [0.05, 0.1) is 5.54 Å². The van der Waals surface area contributed by atoms with Gasteiger partial charge in [-0.2, -0.15) is 0 Å². The van der Waals surface area contributed by atoms with Crippen molar-refractivity contribution in [3.05, 3.63) is 40.3 Å². The van der Waals surface area contributed by atoms with Gasteiger partial charge in [0.25, 0.3) is 0 Å². The Morgan fingerprint density at radius 2 is 1.68 bits per heavy atom. The van der Waals surface area contributed by atoms with Gasteiger partial charge in [-0.15, -0.1) is 0 Å². The van der Waals surface area contributed by atoms with Gasteiger partial charge in [0.1, 0.15) is 12.4 Å². The average molecular weight is 304 g/mol. The first-order valence-electron chi connectivity index (χ1n) is 8.17. The van der Waals surface area contributed by atoms with Crippen LogP contribution in [0.3, 0.4) is 0 Å². The van der Waals surface area contributed by atoms with E-state index in [1.54, 1.807) is 0 Å². The minimum absolute atomic E-state index is 0.450. The van der Waals surface area contributed by atoms with Crippen LogP contribution in [0.5, 0.6) is 5.75 Å². The summed E-state index contributed by atoms with van der Waals surface area (Å²) in [6.45, 7) is 12.1. The molecule has 1 aromatic carbocycles. The molecule has 0 saturated heterocycles. The van der Waals surface area contributed by atoms with Gasteiger partial charge in [-0.1, -0.05) is 44.9 Å². The van der Waals surface area contributed by atoms with Crippen molar-refractivity contribution >= 4 is 0 Å². The van der Waals surface area contributed by atoms with E-state index in [9.17, 15) is 0 Å². The van der Waals surface area contributed by atoms with Gasteiger partial charge in [0.2, 0.25) is 0 Å². The van der Waals surface area contributed by atoms with E-state index < -0.39 is 5.54 Å². The maximum atomic E-state index is 8.82. The zero-order valence-corrected chi connectivity index (χ0v) is 14.2. The number of nitrogens with zero attached hydrogens (tertiary/aromatic N) is 4. The molecule has 0 saturated carbocycles. The number of ether oxygens (including phenoxy) is 1. The molecule has 1 aromatic rings. The maximum Gasteiger partial charge on any atom is 0.119 e. The molecule has 0 heterocycles. The molecule has 5 nitrogen and oxygen atoms in total. The summed E-state index contributed by atoms with van der Waals surface area (Å²) in [5.74, 6) is 0.859. The molecule has 0 aliphatic heterocycles. The predicted molar refractivity (Wildman–Crippen MR) is 91.1 cm³/mol. The first-order chi connectivity index (χ1) is 10.7. The van der Waals surface area contributed by atoms with Crippen LogP contribution in [0.15, 0.2) is 29.4 Å². The second-order valence-electron chi connectivity index (χ2n) is 5.33. The van der Waals surface area contributed by atoms with E-state index in [1.807, 2.05) is 38.1 Å². The number of rotatable bonds is 10. The fourth-order valence-electron chi connectivity index (χ4n) is 2.64. The van der Waals surface area contributed by atoms with E-state index in [2.05, 4.69) is 28.8 Å². The molecule has 0 atom stereocenters. The summed E-state index contributed by atoms with van der Waals surface area (Å²) in [6.07, 6.45) is 1.57. The molecule has 1 rings (SSSR count). The fraction of sp³-hybridized carbons (Fsp3) is 0.647. The van der Waals surface area contributed by atoms with E-state index in [1.165, 1.54) is 0 Å². The van der Waals surface area contributed by atoms with Gasteiger partial charge in [-0.05, 0) is 49.2 Å². The number of benzene rings is 1. The van der Waals surface area contributed by atoms with Crippen LogP contribution in [0, 0.1) is 0 Å². The average Bonchev–Trinajstić information content (AvgIpc) is 2.57. The van der Waals surface area contributed by atoms with Crippen molar-refractivity contribution < 1.29 is 4.74 Å². The van der Waals surface area contributed by atoms with E-state index in [-0.39, 0.29) is 0 Å². The van der Waals surface area contributed by atoms with Crippen molar-refractivity contribution in [2.45, 2.75) is 46.1 Å². The van der Waals surface area contributed by atoms with E-state index >= 15 is 0 Å². The van der Waals surface area contributed by atoms with E-state index in [0.717, 1.165) is 43.8 Å². The molecule has 0 N–H and O–H groups in total. The lowest BCUT2D eigenvalue weighted by atomic mass is 9.86. The highest BCUT2D eigenvalue weighted by Crippen LogP contribution is 2.34. The van der Waals surface area contributed by atoms with Crippen molar-refractivity contribution in [3.8, 4) is 5.75 Å². The number of hydrogen-bond donors (Lipinski definition) is 0. The first kappa shape index (κ1) is 18.3. The molecule has 0 aliphatic carbocycles. The monoisotopic (exact) mass is 304 g/mol. The zero-order chi connectivity index (χ0) is 16.4. The van der Waals surface area contributed by atoms with Crippen LogP contribution < -0.4 is 4.74 Å². The lowest BCUT2D eigenvalue weighted by Crippen LogP contribution is -2.27. The molecule has 5 heteroatoms. The summed E-state index contributed by atoms with van der Waals surface area (Å²) in [6, 6.07) is 7.94. The van der Waals surface area contributed by atoms with Gasteiger partial charge < -0.3 is 9.64 Å². The largest absolute Gasteiger partial charge is 0.492 e. The van der Waals surface area contributed by atoms with Crippen LogP contribution in [0.1, 0.15) is 46.1 Å². The molecule has 0 bridgehead atoms. The summed E-state index contributed by atoms with van der Waals surface area (Å²) in [5.41, 5.74) is 9.42. The van der Waals surface area contributed by atoms with Crippen molar-refractivity contribution in [2.75, 3.05) is 26.2 Å². The number of likely N-dealkylation sites (N-methyl/N-ethyl adjacent to an activating group) is 1. The van der Waals surface area contributed by atoms with Crippen LogP contribution in [-0.2, 0) is 5.54 Å². The molecule has 0 radical (unpaired) electrons. The summed E-state index contributed by atoms with van der Waals surface area (Å²) < 4.78 is 5.79. The number of hydrogen-bond acceptors (Lipinski definition) is 3. The topological polar surface area (TPSA) is 61.2 Å². The van der Waals surface area contributed by atoms with Gasteiger partial charge in [0, 0.05) is 11.5 Å². The highest BCUT2D eigenvalue weighted by atomic mass is 16.5. The third-order valence-electron chi connectivity index (χ3n) is 4.37. The Hall–Kier alpha value is -1.71. The molecule has 0 amide bonds. The summed E-state index contributed by atoms with van der Waals surface area (Å²) in [5, 5.41) is 4.03. The van der Waals surface area contributed by atoms with Crippen molar-refractivity contribution in [1.82, 2.24) is 4.90 Å². The molecular formula is C17H28N4O. The third kappa shape index (κ3) is 4.65. The van der Waals surface area contributed by atoms with Crippen LogP contribution in [-0.4, -0.2) is 31.1 Å². The van der Waals surface area contributed by atoms with Crippen LogP contribution in [0.4, 0.5) is 0 Å². The first-order valence-corrected chi connectivity index (χ1v) is 8.17. The Morgan fingerprint density at radius 1 is 1.09 bits per heavy atom. The smallest absolute Gasteiger partial charge is 0.119 e. The Balaban J connectivity index is 2.71. The molecule has 0 aliphatic rings. The Labute approximate surface area is 133 Å². The second-order valence-corrected chi connectivity index (χ2v) is 5.33. The van der Waals surface area contributed by atoms with Gasteiger partial charge in [-0.3, -0.25) is 0 Å². The van der Waals surface area contributed by atoms with Gasteiger partial charge >= 0.3 is 0 Å². The lowest BCUT2D eigenvalue weighted by molar-refractivity contribution is 0.222. The minimum atomic E-state index is -0.450. The minimum Gasteiger partial charge on any atom is -0.492 e. The highest BCUT2D eigenvalue weighted by molar-refractivity contribution is 5.32. The Kier molecular flexibility index (Phi) is 7.78. The fourth-order valence-corrected chi connectivity index (χ4v) is 2.64. The molecule has 0 fully saturated rings. The Morgan fingerprint density at radius 3 is 2.14 bits per heavy atom. The van der Waals surface area contributed by atoms with E-state index in [4.69, 9.17) is 10.3 Å². The molecule has 22 heavy (non-hydrogen) atoms. The third-order valence-corrected chi connectivity index (χ3v) is 4.37.